The molecule has 0 spiro atoms. The summed E-state index contributed by atoms with van der Waals surface area (Å²) in [7, 11) is 0. The van der Waals surface area contributed by atoms with Crippen molar-refractivity contribution < 1.29 is 13.5 Å². The number of para-hydroxylation sites is 1. The van der Waals surface area contributed by atoms with Gasteiger partial charge < -0.3 is 4.74 Å². The van der Waals surface area contributed by atoms with Gasteiger partial charge in [-0.1, -0.05) is 18.2 Å². The van der Waals surface area contributed by atoms with Gasteiger partial charge in [0.25, 0.3) is 0 Å². The van der Waals surface area contributed by atoms with E-state index in [0.717, 1.165) is 17.8 Å². The van der Waals surface area contributed by atoms with Crippen molar-refractivity contribution in [1.82, 2.24) is 4.98 Å². The molecule has 1 heterocycles. The molecule has 1 unspecified atom stereocenters. The number of rotatable bonds is 3. The minimum absolute atomic E-state index is 0.644. The van der Waals surface area contributed by atoms with E-state index in [4.69, 9.17) is 0 Å². The highest BCUT2D eigenvalue weighted by Gasteiger charge is 2.25. The van der Waals surface area contributed by atoms with E-state index in [1.165, 1.54) is 0 Å². The monoisotopic (exact) mass is 237 g/mol. The Kier molecular flexibility index (Phi) is 3.07. The van der Waals surface area contributed by atoms with Gasteiger partial charge in [0, 0.05) is 18.5 Å². The summed E-state index contributed by atoms with van der Waals surface area (Å²) >= 11 is 0. The predicted molar refractivity (Wildman–Crippen MR) is 61.9 cm³/mol. The van der Waals surface area contributed by atoms with E-state index in [9.17, 15) is 8.78 Å². The van der Waals surface area contributed by atoms with Crippen LogP contribution in [0.3, 0.4) is 0 Å². The van der Waals surface area contributed by atoms with Crippen LogP contribution in [0.5, 0.6) is 0 Å². The molecular formula is C13H13F2NO. The quantitative estimate of drug-likeness (QED) is 0.807. The molecule has 1 atom stereocenters. The van der Waals surface area contributed by atoms with Crippen LogP contribution in [0.15, 0.2) is 36.5 Å². The molecule has 2 aromatic rings. The normalized spacial score (nSPS) is 13.9. The Balaban J connectivity index is 2.30. The van der Waals surface area contributed by atoms with E-state index < -0.39 is 12.2 Å². The lowest BCUT2D eigenvalue weighted by Crippen LogP contribution is -2.18. The van der Waals surface area contributed by atoms with E-state index in [0.29, 0.717) is 5.56 Å². The smallest absolute Gasteiger partial charge is 0.313 e. The van der Waals surface area contributed by atoms with E-state index in [1.807, 2.05) is 30.3 Å². The van der Waals surface area contributed by atoms with Gasteiger partial charge in [0.2, 0.25) is 0 Å². The number of ether oxygens (including phenoxy) is 1. The van der Waals surface area contributed by atoms with Crippen LogP contribution in [-0.2, 0) is 4.74 Å². The first kappa shape index (κ1) is 11.9. The number of pyridine rings is 1. The number of hydrogen-bond acceptors (Lipinski definition) is 2. The highest BCUT2D eigenvalue weighted by atomic mass is 19.3. The molecule has 0 aliphatic carbocycles. The second-order valence-electron chi connectivity index (χ2n) is 4.03. The predicted octanol–water partition coefficient (Wildman–Crippen LogP) is 3.93. The van der Waals surface area contributed by atoms with E-state index in [-0.39, 0.29) is 0 Å². The summed E-state index contributed by atoms with van der Waals surface area (Å²) < 4.78 is 30.1. The van der Waals surface area contributed by atoms with Gasteiger partial charge >= 0.3 is 6.11 Å². The van der Waals surface area contributed by atoms with Gasteiger partial charge in [-0.15, -0.1) is 0 Å². The number of aromatic nitrogens is 1. The van der Waals surface area contributed by atoms with Gasteiger partial charge in [-0.05, 0) is 24.6 Å². The summed E-state index contributed by atoms with van der Waals surface area (Å²) in [4.78, 5) is 4.21. The largest absolute Gasteiger partial charge is 0.353 e. The maximum atomic E-state index is 12.7. The fourth-order valence-corrected chi connectivity index (χ4v) is 1.69. The highest BCUT2D eigenvalue weighted by molar-refractivity contribution is 5.78. The van der Waals surface area contributed by atoms with Crippen molar-refractivity contribution in [3.8, 4) is 0 Å². The lowest BCUT2D eigenvalue weighted by molar-refractivity contribution is -0.248. The minimum atomic E-state index is -3.13. The maximum absolute atomic E-state index is 12.7. The summed E-state index contributed by atoms with van der Waals surface area (Å²) in [5, 5.41) is 0.917. The molecule has 0 N–H and O–H groups in total. The third-order valence-electron chi connectivity index (χ3n) is 2.46. The molecule has 1 aromatic carbocycles. The van der Waals surface area contributed by atoms with Crippen LogP contribution in [0.4, 0.5) is 8.78 Å². The Morgan fingerprint density at radius 2 is 2.00 bits per heavy atom. The molecule has 2 nitrogen and oxygen atoms in total. The van der Waals surface area contributed by atoms with Crippen LogP contribution in [-0.4, -0.2) is 11.1 Å². The SMILES string of the molecule is CC(OC(C)(F)F)c1cnc2ccccc2c1. The van der Waals surface area contributed by atoms with Crippen LogP contribution < -0.4 is 0 Å². The molecule has 2 rings (SSSR count). The van der Waals surface area contributed by atoms with Gasteiger partial charge in [0.15, 0.2) is 0 Å². The van der Waals surface area contributed by atoms with E-state index in [1.54, 1.807) is 13.1 Å². The maximum Gasteiger partial charge on any atom is 0.353 e. The minimum Gasteiger partial charge on any atom is -0.313 e. The molecule has 90 valence electrons. The molecular weight excluding hydrogens is 224 g/mol. The lowest BCUT2D eigenvalue weighted by Gasteiger charge is -2.18. The Labute approximate surface area is 98.2 Å². The standard InChI is InChI=1S/C13H13F2NO/c1-9(17-13(2,14)15)11-7-10-5-3-4-6-12(10)16-8-11/h3-9H,1-2H3. The highest BCUT2D eigenvalue weighted by Crippen LogP contribution is 2.26. The molecule has 0 bridgehead atoms. The molecule has 0 aliphatic rings. The fraction of sp³-hybridized carbons (Fsp3) is 0.308. The molecule has 0 fully saturated rings. The molecule has 0 radical (unpaired) electrons. The molecule has 4 heteroatoms. The Morgan fingerprint density at radius 3 is 2.71 bits per heavy atom. The second kappa shape index (κ2) is 4.37. The Hall–Kier alpha value is -1.55. The molecule has 1 aromatic heterocycles. The zero-order valence-electron chi connectivity index (χ0n) is 9.65. The molecule has 0 aliphatic heterocycles. The third-order valence-corrected chi connectivity index (χ3v) is 2.46. The molecule has 0 amide bonds. The van der Waals surface area contributed by atoms with Crippen molar-refractivity contribution in [2.45, 2.75) is 26.1 Å². The van der Waals surface area contributed by atoms with Crippen molar-refractivity contribution in [1.29, 1.82) is 0 Å². The summed E-state index contributed by atoms with van der Waals surface area (Å²) in [6.45, 7) is 2.32. The number of nitrogens with zero attached hydrogens (tertiary/aromatic N) is 1. The van der Waals surface area contributed by atoms with E-state index in [2.05, 4.69) is 9.72 Å². The summed E-state index contributed by atoms with van der Waals surface area (Å²) in [5.41, 5.74) is 1.48. The van der Waals surface area contributed by atoms with Crippen LogP contribution in [0.1, 0.15) is 25.5 Å². The van der Waals surface area contributed by atoms with Crippen LogP contribution in [0.25, 0.3) is 10.9 Å². The first-order chi connectivity index (χ1) is 7.96. The van der Waals surface area contributed by atoms with Crippen molar-refractivity contribution in [3.05, 3.63) is 42.1 Å². The molecule has 0 saturated carbocycles. The van der Waals surface area contributed by atoms with Gasteiger partial charge in [-0.2, -0.15) is 8.78 Å². The number of fused-ring (bicyclic) bond motifs is 1. The van der Waals surface area contributed by atoms with E-state index >= 15 is 0 Å². The van der Waals surface area contributed by atoms with Gasteiger partial charge in [0.1, 0.15) is 0 Å². The van der Waals surface area contributed by atoms with Crippen LogP contribution >= 0.6 is 0 Å². The number of hydrogen-bond donors (Lipinski definition) is 0. The van der Waals surface area contributed by atoms with Crippen LogP contribution in [0.2, 0.25) is 0 Å². The molecule has 17 heavy (non-hydrogen) atoms. The average molecular weight is 237 g/mol. The lowest BCUT2D eigenvalue weighted by atomic mass is 10.1. The first-order valence-corrected chi connectivity index (χ1v) is 5.36. The average Bonchev–Trinajstić information content (AvgIpc) is 2.26. The van der Waals surface area contributed by atoms with Gasteiger partial charge in [-0.25, -0.2) is 0 Å². The zero-order chi connectivity index (χ0) is 12.5. The Bertz CT molecular complexity index is 522. The number of alkyl halides is 2. The summed E-state index contributed by atoms with van der Waals surface area (Å²) in [6, 6.07) is 9.35. The van der Waals surface area contributed by atoms with Crippen molar-refractivity contribution in [2.75, 3.05) is 0 Å². The summed E-state index contributed by atoms with van der Waals surface area (Å²) in [5.74, 6) is 0. The van der Waals surface area contributed by atoms with Crippen molar-refractivity contribution >= 4 is 10.9 Å². The fourth-order valence-electron chi connectivity index (χ4n) is 1.69. The zero-order valence-corrected chi connectivity index (χ0v) is 9.65. The summed E-state index contributed by atoms with van der Waals surface area (Å²) in [6.07, 6.45) is -2.25. The van der Waals surface area contributed by atoms with Gasteiger partial charge in [-0.3, -0.25) is 4.98 Å². The molecule has 0 saturated heterocycles. The number of halogens is 2. The Morgan fingerprint density at radius 1 is 1.29 bits per heavy atom. The van der Waals surface area contributed by atoms with Crippen LogP contribution in [0, 0.1) is 0 Å². The van der Waals surface area contributed by atoms with Crippen molar-refractivity contribution in [2.24, 2.45) is 0 Å². The second-order valence-corrected chi connectivity index (χ2v) is 4.03. The number of benzene rings is 1. The van der Waals surface area contributed by atoms with Crippen molar-refractivity contribution in [3.63, 3.8) is 0 Å². The topological polar surface area (TPSA) is 22.1 Å². The van der Waals surface area contributed by atoms with Gasteiger partial charge in [0.05, 0.1) is 11.6 Å². The first-order valence-electron chi connectivity index (χ1n) is 5.36. The third kappa shape index (κ3) is 2.97.